The molecule has 0 spiro atoms. The number of benzene rings is 1. The van der Waals surface area contributed by atoms with Gasteiger partial charge in [0, 0.05) is 12.4 Å². The Morgan fingerprint density at radius 1 is 1.33 bits per heavy atom. The van der Waals surface area contributed by atoms with E-state index in [1.165, 1.54) is 5.56 Å². The molecular formula is C12H14N2O. The van der Waals surface area contributed by atoms with Crippen LogP contribution in [0.5, 0.6) is 0 Å². The van der Waals surface area contributed by atoms with E-state index in [1.54, 1.807) is 6.20 Å². The van der Waals surface area contributed by atoms with Crippen molar-refractivity contribution in [1.82, 2.24) is 9.78 Å². The van der Waals surface area contributed by atoms with E-state index in [2.05, 4.69) is 12.0 Å². The molecule has 0 aliphatic rings. The van der Waals surface area contributed by atoms with Gasteiger partial charge in [0.05, 0.1) is 12.6 Å². The van der Waals surface area contributed by atoms with E-state index >= 15 is 0 Å². The van der Waals surface area contributed by atoms with Crippen LogP contribution >= 0.6 is 0 Å². The molecule has 0 aliphatic heterocycles. The van der Waals surface area contributed by atoms with Crippen LogP contribution in [0.2, 0.25) is 0 Å². The minimum absolute atomic E-state index is 0.0937. The lowest BCUT2D eigenvalue weighted by atomic mass is 10.1. The number of rotatable bonds is 3. The van der Waals surface area contributed by atoms with Crippen LogP contribution < -0.4 is 0 Å². The molecule has 3 nitrogen and oxygen atoms in total. The van der Waals surface area contributed by atoms with Crippen LogP contribution in [0.15, 0.2) is 42.7 Å². The van der Waals surface area contributed by atoms with Gasteiger partial charge in [0.1, 0.15) is 0 Å². The lowest BCUT2D eigenvalue weighted by Gasteiger charge is -2.12. The van der Waals surface area contributed by atoms with Gasteiger partial charge >= 0.3 is 0 Å². The van der Waals surface area contributed by atoms with E-state index in [9.17, 15) is 0 Å². The zero-order valence-electron chi connectivity index (χ0n) is 8.67. The normalized spacial score (nSPS) is 12.7. The molecule has 0 fully saturated rings. The Kier molecular flexibility index (Phi) is 2.83. The van der Waals surface area contributed by atoms with Crippen molar-refractivity contribution < 1.29 is 5.11 Å². The van der Waals surface area contributed by atoms with Crippen LogP contribution in [-0.2, 0) is 6.61 Å². The lowest BCUT2D eigenvalue weighted by molar-refractivity contribution is 0.282. The molecule has 0 saturated heterocycles. The molecule has 1 heterocycles. The minimum atomic E-state index is 0.0937. The average Bonchev–Trinajstić information content (AvgIpc) is 2.82. The summed E-state index contributed by atoms with van der Waals surface area (Å²) in [6.07, 6.45) is 3.73. The molecule has 0 amide bonds. The topological polar surface area (TPSA) is 38.0 Å². The second-order valence-electron chi connectivity index (χ2n) is 3.56. The smallest absolute Gasteiger partial charge is 0.0740 e. The number of hydrogen-bond donors (Lipinski definition) is 1. The summed E-state index contributed by atoms with van der Waals surface area (Å²) in [5.41, 5.74) is 2.13. The average molecular weight is 202 g/mol. The molecule has 2 aromatic rings. The first kappa shape index (κ1) is 9.93. The quantitative estimate of drug-likeness (QED) is 0.826. The van der Waals surface area contributed by atoms with Crippen molar-refractivity contribution in [2.75, 3.05) is 0 Å². The van der Waals surface area contributed by atoms with Crippen molar-refractivity contribution in [2.24, 2.45) is 0 Å². The van der Waals surface area contributed by atoms with Gasteiger partial charge in [-0.3, -0.25) is 4.68 Å². The van der Waals surface area contributed by atoms with E-state index < -0.39 is 0 Å². The summed E-state index contributed by atoms with van der Waals surface area (Å²) in [7, 11) is 0. The molecule has 0 bridgehead atoms. The van der Waals surface area contributed by atoms with Crippen molar-refractivity contribution in [3.8, 4) is 0 Å². The van der Waals surface area contributed by atoms with Gasteiger partial charge in [-0.1, -0.05) is 24.3 Å². The molecule has 3 heteroatoms. The maximum absolute atomic E-state index is 8.93. The first-order valence-electron chi connectivity index (χ1n) is 5.00. The molecule has 0 radical (unpaired) electrons. The lowest BCUT2D eigenvalue weighted by Crippen LogP contribution is -2.06. The zero-order valence-corrected chi connectivity index (χ0v) is 8.67. The van der Waals surface area contributed by atoms with Gasteiger partial charge in [0.25, 0.3) is 0 Å². The summed E-state index contributed by atoms with van der Waals surface area (Å²) < 4.78 is 1.91. The fraction of sp³-hybridized carbons (Fsp3) is 0.250. The summed E-state index contributed by atoms with van der Waals surface area (Å²) in [6.45, 7) is 2.19. The van der Waals surface area contributed by atoms with E-state index in [1.807, 2.05) is 41.2 Å². The van der Waals surface area contributed by atoms with E-state index in [0.717, 1.165) is 5.56 Å². The predicted molar refractivity (Wildman–Crippen MR) is 58.4 cm³/mol. The van der Waals surface area contributed by atoms with Crippen molar-refractivity contribution >= 4 is 0 Å². The molecule has 1 unspecified atom stereocenters. The van der Waals surface area contributed by atoms with Crippen LogP contribution in [0.25, 0.3) is 0 Å². The van der Waals surface area contributed by atoms with Crippen LogP contribution in [0.4, 0.5) is 0 Å². The Labute approximate surface area is 89.0 Å². The Hall–Kier alpha value is -1.61. The highest BCUT2D eigenvalue weighted by atomic mass is 16.3. The Morgan fingerprint density at radius 2 is 2.07 bits per heavy atom. The monoisotopic (exact) mass is 202 g/mol. The number of aliphatic hydroxyl groups is 1. The van der Waals surface area contributed by atoms with Crippen molar-refractivity contribution in [3.05, 3.63) is 53.9 Å². The van der Waals surface area contributed by atoms with E-state index in [4.69, 9.17) is 5.11 Å². The van der Waals surface area contributed by atoms with Gasteiger partial charge in [-0.15, -0.1) is 0 Å². The third-order valence-electron chi connectivity index (χ3n) is 2.57. The molecule has 1 atom stereocenters. The molecule has 2 rings (SSSR count). The summed E-state index contributed by atoms with van der Waals surface area (Å²) in [5.74, 6) is 0. The molecular weight excluding hydrogens is 188 g/mol. The first-order chi connectivity index (χ1) is 7.31. The fourth-order valence-corrected chi connectivity index (χ4v) is 1.56. The largest absolute Gasteiger partial charge is 0.392 e. The number of aromatic nitrogens is 2. The zero-order chi connectivity index (χ0) is 10.7. The van der Waals surface area contributed by atoms with Gasteiger partial charge in [-0.25, -0.2) is 0 Å². The number of nitrogens with zero attached hydrogens (tertiary/aromatic N) is 2. The fourth-order valence-electron chi connectivity index (χ4n) is 1.56. The second-order valence-corrected chi connectivity index (χ2v) is 3.56. The third-order valence-corrected chi connectivity index (χ3v) is 2.57. The minimum Gasteiger partial charge on any atom is -0.392 e. The predicted octanol–water partition coefficient (Wildman–Crippen LogP) is 1.98. The Bertz CT molecular complexity index is 406. The first-order valence-corrected chi connectivity index (χ1v) is 5.00. The van der Waals surface area contributed by atoms with Crippen molar-refractivity contribution in [2.45, 2.75) is 19.6 Å². The molecule has 1 aromatic heterocycles. The summed E-state index contributed by atoms with van der Waals surface area (Å²) >= 11 is 0. The summed E-state index contributed by atoms with van der Waals surface area (Å²) in [4.78, 5) is 0. The molecule has 78 valence electrons. The Morgan fingerprint density at radius 3 is 2.60 bits per heavy atom. The van der Waals surface area contributed by atoms with Gasteiger partial charge in [0.15, 0.2) is 0 Å². The highest BCUT2D eigenvalue weighted by Gasteiger charge is 2.06. The summed E-state index contributed by atoms with van der Waals surface area (Å²) in [5, 5.41) is 13.1. The molecule has 0 aliphatic carbocycles. The highest BCUT2D eigenvalue weighted by Crippen LogP contribution is 2.17. The van der Waals surface area contributed by atoms with Crippen LogP contribution in [0.3, 0.4) is 0 Å². The van der Waals surface area contributed by atoms with Gasteiger partial charge < -0.3 is 5.11 Å². The standard InChI is InChI=1S/C12H14N2O/c1-10(14-8-2-7-13-14)12-5-3-11(9-15)4-6-12/h2-8,10,15H,9H2,1H3. The maximum Gasteiger partial charge on any atom is 0.0740 e. The van der Waals surface area contributed by atoms with E-state index in [-0.39, 0.29) is 12.6 Å². The SMILES string of the molecule is CC(c1ccc(CO)cc1)n1cccn1. The highest BCUT2D eigenvalue weighted by molar-refractivity contribution is 5.24. The van der Waals surface area contributed by atoms with Gasteiger partial charge in [0.2, 0.25) is 0 Å². The third kappa shape index (κ3) is 2.07. The molecule has 15 heavy (non-hydrogen) atoms. The van der Waals surface area contributed by atoms with Gasteiger partial charge in [-0.05, 0) is 24.1 Å². The van der Waals surface area contributed by atoms with Crippen LogP contribution in [-0.4, -0.2) is 14.9 Å². The van der Waals surface area contributed by atoms with E-state index in [0.29, 0.717) is 0 Å². The van der Waals surface area contributed by atoms with Crippen LogP contribution in [0.1, 0.15) is 24.1 Å². The molecule has 0 saturated carbocycles. The molecule has 1 aromatic carbocycles. The molecule has 1 N–H and O–H groups in total. The maximum atomic E-state index is 8.93. The summed E-state index contributed by atoms with van der Waals surface area (Å²) in [6, 6.07) is 10.1. The van der Waals surface area contributed by atoms with Gasteiger partial charge in [-0.2, -0.15) is 5.10 Å². The van der Waals surface area contributed by atoms with Crippen molar-refractivity contribution in [3.63, 3.8) is 0 Å². The number of hydrogen-bond acceptors (Lipinski definition) is 2. The van der Waals surface area contributed by atoms with Crippen molar-refractivity contribution in [1.29, 1.82) is 0 Å². The van der Waals surface area contributed by atoms with Crippen LogP contribution in [0, 0.1) is 0 Å². The number of aliphatic hydroxyl groups excluding tert-OH is 1. The second kappa shape index (κ2) is 4.28. The Balaban J connectivity index is 2.22.